The molecule has 1 aromatic heterocycles. The van der Waals surface area contributed by atoms with Crippen molar-refractivity contribution in [3.8, 4) is 0 Å². The first-order valence-corrected chi connectivity index (χ1v) is 6.95. The molecular weight excluding hydrogens is 310 g/mol. The Labute approximate surface area is 121 Å². The Balaban J connectivity index is 0.00000120. The third kappa shape index (κ3) is 2.68. The number of thiazole rings is 1. The van der Waals surface area contributed by atoms with Crippen molar-refractivity contribution in [3.63, 3.8) is 0 Å². The molecule has 1 aliphatic heterocycles. The van der Waals surface area contributed by atoms with Gasteiger partial charge in [0, 0.05) is 7.05 Å². The molecule has 2 aromatic rings. The molecule has 1 saturated heterocycles. The van der Waals surface area contributed by atoms with Gasteiger partial charge in [0.1, 0.15) is 0 Å². The molecule has 0 radical (unpaired) electrons. The van der Waals surface area contributed by atoms with Crippen LogP contribution in [-0.2, 0) is 7.05 Å². The van der Waals surface area contributed by atoms with Crippen LogP contribution in [0.1, 0.15) is 12.8 Å². The van der Waals surface area contributed by atoms with Crippen molar-refractivity contribution in [3.05, 3.63) is 29.1 Å². The lowest BCUT2D eigenvalue weighted by atomic mass is 10.1. The Hall–Kier alpha value is -0.650. The Morgan fingerprint density at radius 1 is 1.28 bits per heavy atom. The lowest BCUT2D eigenvalue weighted by Gasteiger charge is -2.18. The van der Waals surface area contributed by atoms with Crippen molar-refractivity contribution < 1.29 is 0 Å². The number of nitrogens with zero attached hydrogens (tertiary/aromatic N) is 2. The van der Waals surface area contributed by atoms with Crippen LogP contribution in [-0.4, -0.2) is 23.7 Å². The van der Waals surface area contributed by atoms with Gasteiger partial charge in [0.15, 0.2) is 4.80 Å². The highest BCUT2D eigenvalue weighted by Crippen LogP contribution is 2.16. The number of aryl methyl sites for hydroxylation is 1. The second-order valence-corrected chi connectivity index (χ2v) is 5.53. The molecule has 0 unspecified atom stereocenters. The van der Waals surface area contributed by atoms with E-state index >= 15 is 0 Å². The highest BCUT2D eigenvalue weighted by Gasteiger charge is 2.11. The number of hydrogen-bond donors (Lipinski definition) is 1. The Morgan fingerprint density at radius 3 is 2.72 bits per heavy atom. The fraction of sp³-hybridized carbons (Fsp3) is 0.462. The maximum atomic E-state index is 4.90. The predicted octanol–water partition coefficient (Wildman–Crippen LogP) is 2.47. The first kappa shape index (κ1) is 13.8. The molecule has 0 amide bonds. The van der Waals surface area contributed by atoms with E-state index in [1.165, 1.54) is 10.2 Å². The largest absolute Gasteiger partial charge is 0.320 e. The summed E-state index contributed by atoms with van der Waals surface area (Å²) in [5, 5.41) is 3.38. The molecule has 3 rings (SSSR count). The topological polar surface area (TPSA) is 29.3 Å². The summed E-state index contributed by atoms with van der Waals surface area (Å²) < 4.78 is 3.53. The Kier molecular flexibility index (Phi) is 4.59. The maximum Gasteiger partial charge on any atom is 0.185 e. The van der Waals surface area contributed by atoms with Gasteiger partial charge in [0.05, 0.1) is 16.3 Å². The van der Waals surface area contributed by atoms with E-state index in [-0.39, 0.29) is 17.0 Å². The SMILES string of the molecule is Br.Cn1/c(=N\C2CCNCC2)sc2ccccc21. The molecule has 5 heteroatoms. The smallest absolute Gasteiger partial charge is 0.185 e. The molecule has 1 aromatic carbocycles. The second kappa shape index (κ2) is 5.99. The summed E-state index contributed by atoms with van der Waals surface area (Å²) in [4.78, 5) is 6.05. The monoisotopic (exact) mass is 327 g/mol. The van der Waals surface area contributed by atoms with Crippen LogP contribution in [0.25, 0.3) is 10.2 Å². The van der Waals surface area contributed by atoms with Crippen molar-refractivity contribution in [2.45, 2.75) is 18.9 Å². The van der Waals surface area contributed by atoms with Gasteiger partial charge < -0.3 is 9.88 Å². The van der Waals surface area contributed by atoms with E-state index in [2.05, 4.69) is 41.2 Å². The number of nitrogens with one attached hydrogen (secondary N) is 1. The van der Waals surface area contributed by atoms with Gasteiger partial charge >= 0.3 is 0 Å². The van der Waals surface area contributed by atoms with Crippen LogP contribution in [0.2, 0.25) is 0 Å². The minimum absolute atomic E-state index is 0. The maximum absolute atomic E-state index is 4.90. The van der Waals surface area contributed by atoms with Crippen molar-refractivity contribution >= 4 is 38.5 Å². The standard InChI is InChI=1S/C13H17N3S.BrH/c1-16-11-4-2-3-5-12(11)17-13(16)15-10-6-8-14-9-7-10;/h2-5,10,14H,6-9H2,1H3;1H/b15-13+;. The molecule has 0 spiro atoms. The van der Waals surface area contributed by atoms with Crippen LogP contribution in [0, 0.1) is 0 Å². The molecule has 2 heterocycles. The number of hydrogen-bond acceptors (Lipinski definition) is 3. The number of para-hydroxylation sites is 1. The zero-order chi connectivity index (χ0) is 11.7. The highest BCUT2D eigenvalue weighted by molar-refractivity contribution is 8.93. The summed E-state index contributed by atoms with van der Waals surface area (Å²) in [6.07, 6.45) is 2.32. The number of fused-ring (bicyclic) bond motifs is 1. The average Bonchev–Trinajstić information content (AvgIpc) is 2.68. The summed E-state index contributed by atoms with van der Waals surface area (Å²) in [5.41, 5.74) is 1.28. The van der Waals surface area contributed by atoms with Gasteiger partial charge in [0.25, 0.3) is 0 Å². The van der Waals surface area contributed by atoms with Crippen molar-refractivity contribution in [2.24, 2.45) is 12.0 Å². The van der Waals surface area contributed by atoms with Gasteiger partial charge in [-0.25, -0.2) is 0 Å². The number of benzene rings is 1. The van der Waals surface area contributed by atoms with Gasteiger partial charge in [0.2, 0.25) is 0 Å². The van der Waals surface area contributed by atoms with Crippen LogP contribution in [0.5, 0.6) is 0 Å². The van der Waals surface area contributed by atoms with E-state index < -0.39 is 0 Å². The van der Waals surface area contributed by atoms with E-state index in [1.807, 2.05) is 0 Å². The minimum Gasteiger partial charge on any atom is -0.320 e. The Bertz CT molecular complexity index is 581. The van der Waals surface area contributed by atoms with Crippen LogP contribution in [0.3, 0.4) is 0 Å². The summed E-state index contributed by atoms with van der Waals surface area (Å²) >= 11 is 1.79. The first-order chi connectivity index (χ1) is 8.34. The van der Waals surface area contributed by atoms with E-state index in [0.29, 0.717) is 6.04 Å². The van der Waals surface area contributed by atoms with Crippen molar-refractivity contribution in [1.82, 2.24) is 9.88 Å². The molecule has 0 bridgehead atoms. The molecule has 98 valence electrons. The summed E-state index contributed by atoms with van der Waals surface area (Å²) in [5.74, 6) is 0. The van der Waals surface area contributed by atoms with E-state index in [9.17, 15) is 0 Å². The highest BCUT2D eigenvalue weighted by atomic mass is 79.9. The number of rotatable bonds is 1. The number of piperidine rings is 1. The molecule has 1 aliphatic rings. The fourth-order valence-electron chi connectivity index (χ4n) is 2.30. The average molecular weight is 328 g/mol. The van der Waals surface area contributed by atoms with Gasteiger partial charge in [-0.05, 0) is 38.1 Å². The molecule has 18 heavy (non-hydrogen) atoms. The molecular formula is C13H18BrN3S. The molecule has 0 atom stereocenters. The second-order valence-electron chi connectivity index (χ2n) is 4.52. The normalized spacial score (nSPS) is 17.9. The molecule has 3 nitrogen and oxygen atoms in total. The van der Waals surface area contributed by atoms with Crippen molar-refractivity contribution in [1.29, 1.82) is 0 Å². The fourth-order valence-corrected chi connectivity index (χ4v) is 3.39. The minimum atomic E-state index is 0. The van der Waals surface area contributed by atoms with Crippen LogP contribution in [0.4, 0.5) is 0 Å². The first-order valence-electron chi connectivity index (χ1n) is 6.14. The van der Waals surface area contributed by atoms with E-state index in [4.69, 9.17) is 4.99 Å². The number of aromatic nitrogens is 1. The van der Waals surface area contributed by atoms with Gasteiger partial charge in [-0.3, -0.25) is 4.99 Å². The number of halogens is 1. The molecule has 0 aliphatic carbocycles. The lowest BCUT2D eigenvalue weighted by molar-refractivity contribution is 0.452. The zero-order valence-corrected chi connectivity index (χ0v) is 13.0. The quantitative estimate of drug-likeness (QED) is 0.856. The van der Waals surface area contributed by atoms with Crippen LogP contribution < -0.4 is 10.1 Å². The van der Waals surface area contributed by atoms with Crippen LogP contribution >= 0.6 is 28.3 Å². The third-order valence-corrected chi connectivity index (χ3v) is 4.44. The summed E-state index contributed by atoms with van der Waals surface area (Å²) in [6, 6.07) is 9.00. The zero-order valence-electron chi connectivity index (χ0n) is 10.4. The summed E-state index contributed by atoms with van der Waals surface area (Å²) in [7, 11) is 2.11. The van der Waals surface area contributed by atoms with Crippen molar-refractivity contribution in [2.75, 3.05) is 13.1 Å². The predicted molar refractivity (Wildman–Crippen MR) is 82.6 cm³/mol. The van der Waals surface area contributed by atoms with Crippen LogP contribution in [0.15, 0.2) is 29.3 Å². The van der Waals surface area contributed by atoms with Gasteiger partial charge in [-0.2, -0.15) is 0 Å². The molecule has 0 saturated carbocycles. The third-order valence-electron chi connectivity index (χ3n) is 3.32. The van der Waals surface area contributed by atoms with Gasteiger partial charge in [-0.15, -0.1) is 17.0 Å². The lowest BCUT2D eigenvalue weighted by Crippen LogP contribution is -2.31. The van der Waals surface area contributed by atoms with Gasteiger partial charge in [-0.1, -0.05) is 23.5 Å². The summed E-state index contributed by atoms with van der Waals surface area (Å²) in [6.45, 7) is 2.20. The molecule has 1 fully saturated rings. The van der Waals surface area contributed by atoms with E-state index in [1.54, 1.807) is 11.3 Å². The molecule has 1 N–H and O–H groups in total. The Morgan fingerprint density at radius 2 is 2.00 bits per heavy atom. The van der Waals surface area contributed by atoms with E-state index in [0.717, 1.165) is 30.7 Å².